The Kier molecular flexibility index (Phi) is 64.9. The predicted octanol–water partition coefficient (Wildman–Crippen LogP) is -3.09. The zero-order valence-electron chi connectivity index (χ0n) is 16.8. The minimum atomic E-state index is -1.19. The molecule has 0 fully saturated rings. The zero-order chi connectivity index (χ0) is 22.9. The number of aliphatic hydroxyl groups is 2. The molecule has 0 saturated carbocycles. The molecular weight excluding hydrogens is 396 g/mol. The van der Waals surface area contributed by atoms with Gasteiger partial charge in [0, 0.05) is 13.7 Å². The summed E-state index contributed by atoms with van der Waals surface area (Å²) in [7, 11) is 1.00. The van der Waals surface area contributed by atoms with E-state index < -0.39 is 17.9 Å². The van der Waals surface area contributed by atoms with Gasteiger partial charge in [0.15, 0.2) is 0 Å². The van der Waals surface area contributed by atoms with Gasteiger partial charge < -0.3 is 45.0 Å². The number of hydrogen-bond acceptors (Lipinski definition) is 9. The number of hydrogen-bond donors (Lipinski definition) is 2. The van der Waals surface area contributed by atoms with E-state index in [1.165, 1.54) is 20.8 Å². The molecule has 0 heterocycles. The fourth-order valence-corrected chi connectivity index (χ4v) is 0. The molecule has 0 aromatic rings. The Morgan fingerprint density at radius 3 is 0.778 bits per heavy atom. The molecule has 0 aliphatic rings. The second-order valence-corrected chi connectivity index (χ2v) is 3.81. The number of carbonyl (C=O) groups excluding carboxylic acids is 3. The molecule has 0 aliphatic carbocycles. The van der Waals surface area contributed by atoms with Gasteiger partial charge in [-0.25, -0.2) is 0 Å². The summed E-state index contributed by atoms with van der Waals surface area (Å²) in [5.74, 6) is -3.56. The van der Waals surface area contributed by atoms with E-state index in [1.807, 2.05) is 0 Å². The molecule has 9 nitrogen and oxygen atoms in total. The Bertz CT molecular complexity index is 310. The van der Waals surface area contributed by atoms with Crippen LogP contribution in [0, 0.1) is 0 Å². The normalized spacial score (nSPS) is 6.56. The zero-order valence-corrected chi connectivity index (χ0v) is 18.3. The fourth-order valence-electron chi connectivity index (χ4n) is 0. The summed E-state index contributed by atoms with van der Waals surface area (Å²) in [4.78, 5) is 28.5. The summed E-state index contributed by atoms with van der Waals surface area (Å²) in [5, 5.41) is 52.0. The number of carboxylic acid groups (broad SMARTS) is 3. The van der Waals surface area contributed by atoms with E-state index in [-0.39, 0.29) is 51.7 Å². The summed E-state index contributed by atoms with van der Waals surface area (Å²) in [6, 6.07) is 0. The van der Waals surface area contributed by atoms with Crippen LogP contribution >= 0.6 is 0 Å². The summed E-state index contributed by atoms with van der Waals surface area (Å²) < 4.78 is 0. The summed E-state index contributed by atoms with van der Waals surface area (Å²) in [6.45, 7) is 16.9. The maximum Gasteiger partial charge on any atom is 4.00 e. The van der Waals surface area contributed by atoms with Crippen molar-refractivity contribution in [1.82, 2.24) is 0 Å². The maximum absolute atomic E-state index is 9.49. The van der Waals surface area contributed by atoms with E-state index >= 15 is 0 Å². The first kappa shape index (κ1) is 44.6. The van der Waals surface area contributed by atoms with E-state index in [2.05, 4.69) is 19.7 Å². The van der Waals surface area contributed by atoms with Crippen LogP contribution in [-0.4, -0.2) is 48.4 Å². The largest absolute Gasteiger partial charge is 4.00 e. The number of rotatable bonds is 3. The van der Waals surface area contributed by atoms with Gasteiger partial charge in [0.2, 0.25) is 0 Å². The smallest absolute Gasteiger partial charge is 0.855 e. The Balaban J connectivity index is -0.0000000368. The van der Waals surface area contributed by atoms with Gasteiger partial charge in [0.05, 0.1) is 17.9 Å². The average Bonchev–Trinajstić information content (AvgIpc) is 2.51. The third-order valence-corrected chi connectivity index (χ3v) is 1.05. The average molecular weight is 426 g/mol. The van der Waals surface area contributed by atoms with Crippen LogP contribution in [0.5, 0.6) is 0 Å². The third-order valence-electron chi connectivity index (χ3n) is 1.05. The molecule has 2 N–H and O–H groups in total. The topological polar surface area (TPSA) is 184 Å². The van der Waals surface area contributed by atoms with Crippen LogP contribution in [0.15, 0.2) is 36.5 Å². The molecule has 0 amide bonds. The number of aliphatic hydroxyl groups excluding tert-OH is 2. The summed E-state index contributed by atoms with van der Waals surface area (Å²) >= 11 is 0. The van der Waals surface area contributed by atoms with Crippen LogP contribution in [0.25, 0.3) is 0 Å². The first-order valence-electron chi connectivity index (χ1n) is 7.00. The van der Waals surface area contributed by atoms with Crippen LogP contribution in [0.2, 0.25) is 0 Å². The second-order valence-electron chi connectivity index (χ2n) is 3.81. The Labute approximate surface area is 176 Å². The van der Waals surface area contributed by atoms with Crippen LogP contribution in [-0.2, 0) is 36.1 Å². The van der Waals surface area contributed by atoms with Crippen molar-refractivity contribution in [2.45, 2.75) is 34.6 Å². The quantitative estimate of drug-likeness (QED) is 0.349. The fraction of sp³-hybridized carbons (Fsp3) is 0.471. The van der Waals surface area contributed by atoms with Crippen LogP contribution in [0.1, 0.15) is 34.6 Å². The van der Waals surface area contributed by atoms with Crippen molar-refractivity contribution in [3.8, 4) is 0 Å². The SMILES string of the molecule is C=C(C)C(=O)[O-].C=C(C)C(=O)[O-].C=C(C)C(=O)[O-].CCO.CC[O-].CO.[Ti+4]. The van der Waals surface area contributed by atoms with Gasteiger partial charge in [-0.1, -0.05) is 26.7 Å². The van der Waals surface area contributed by atoms with Gasteiger partial charge in [-0.2, -0.15) is 0 Å². The molecular formula is C17H30O9Ti. The van der Waals surface area contributed by atoms with Crippen molar-refractivity contribution in [3.63, 3.8) is 0 Å². The van der Waals surface area contributed by atoms with E-state index in [1.54, 1.807) is 13.8 Å². The van der Waals surface area contributed by atoms with Gasteiger partial charge in [0.1, 0.15) is 0 Å². The first-order chi connectivity index (χ1) is 11.8. The molecule has 0 aromatic heterocycles. The van der Waals surface area contributed by atoms with Crippen molar-refractivity contribution < 1.29 is 66.7 Å². The van der Waals surface area contributed by atoms with Crippen LogP contribution in [0.4, 0.5) is 0 Å². The molecule has 0 bridgehead atoms. The van der Waals surface area contributed by atoms with Crippen molar-refractivity contribution in [2.75, 3.05) is 20.3 Å². The maximum atomic E-state index is 9.49. The van der Waals surface area contributed by atoms with Crippen LogP contribution in [0.3, 0.4) is 0 Å². The van der Waals surface area contributed by atoms with Gasteiger partial charge in [-0.3, -0.25) is 0 Å². The molecule has 10 heteroatoms. The monoisotopic (exact) mass is 426 g/mol. The third kappa shape index (κ3) is 114. The Morgan fingerprint density at radius 2 is 0.778 bits per heavy atom. The standard InChI is InChI=1S/3C4H6O2.C2H6O.C2H5O.CH4O.Ti/c3*1-3(2)4(5)6;2*1-2-3;1-2;/h3*1H2,2H3,(H,5,6);3H,2H2,1H3;2H2,1H3;2H,1H3;/q;;;;-1;;+4/p-3. The van der Waals surface area contributed by atoms with Crippen molar-refractivity contribution >= 4 is 17.9 Å². The van der Waals surface area contributed by atoms with Crippen molar-refractivity contribution in [3.05, 3.63) is 36.5 Å². The number of carboxylic acids is 3. The molecule has 0 saturated heterocycles. The molecule has 0 aromatic carbocycles. The molecule has 0 aliphatic heterocycles. The molecule has 0 radical (unpaired) electrons. The van der Waals surface area contributed by atoms with Gasteiger partial charge in [-0.15, -0.1) is 6.61 Å². The second kappa shape index (κ2) is 39.3. The molecule has 156 valence electrons. The van der Waals surface area contributed by atoms with Crippen LogP contribution < -0.4 is 20.4 Å². The Morgan fingerprint density at radius 1 is 0.741 bits per heavy atom. The molecule has 0 atom stereocenters. The van der Waals surface area contributed by atoms with Crippen molar-refractivity contribution in [2.24, 2.45) is 0 Å². The van der Waals surface area contributed by atoms with Crippen molar-refractivity contribution in [1.29, 1.82) is 0 Å². The molecule has 0 rings (SSSR count). The Hall–Kier alpha value is -1.78. The summed E-state index contributed by atoms with van der Waals surface area (Å²) in [5.41, 5.74) is 0.194. The van der Waals surface area contributed by atoms with E-state index in [9.17, 15) is 29.7 Å². The minimum absolute atomic E-state index is 0. The number of carbonyl (C=O) groups is 3. The van der Waals surface area contributed by atoms with E-state index in [4.69, 9.17) is 15.3 Å². The minimum Gasteiger partial charge on any atom is -0.855 e. The molecule has 27 heavy (non-hydrogen) atoms. The molecule has 0 unspecified atom stereocenters. The number of aliphatic carboxylic acids is 3. The van der Waals surface area contributed by atoms with Gasteiger partial charge in [-0.05, 0) is 44.4 Å². The molecule has 0 spiro atoms. The first-order valence-corrected chi connectivity index (χ1v) is 7.00. The predicted molar refractivity (Wildman–Crippen MR) is 90.9 cm³/mol. The van der Waals surface area contributed by atoms with Gasteiger partial charge in [0.25, 0.3) is 0 Å². The van der Waals surface area contributed by atoms with Gasteiger partial charge >= 0.3 is 21.7 Å². The van der Waals surface area contributed by atoms with E-state index in [0.29, 0.717) is 0 Å². The summed E-state index contributed by atoms with van der Waals surface area (Å²) in [6.07, 6.45) is 0. The van der Waals surface area contributed by atoms with E-state index in [0.717, 1.165) is 7.11 Å².